The first-order valence-electron chi connectivity index (χ1n) is 5.51. The Morgan fingerprint density at radius 3 is 2.82 bits per heavy atom. The molecular formula is C11H18BrN3O2. The molecule has 1 aromatic heterocycles. The smallest absolute Gasteiger partial charge is 0.232 e. The van der Waals surface area contributed by atoms with Crippen molar-refractivity contribution in [3.63, 3.8) is 0 Å². The maximum Gasteiger partial charge on any atom is 0.232 e. The Bertz CT molecular complexity index is 361. The van der Waals surface area contributed by atoms with Crippen LogP contribution in [0.25, 0.3) is 0 Å². The van der Waals surface area contributed by atoms with E-state index in [2.05, 4.69) is 45.1 Å². The van der Waals surface area contributed by atoms with E-state index in [9.17, 15) is 5.11 Å². The Morgan fingerprint density at radius 1 is 1.53 bits per heavy atom. The predicted molar refractivity (Wildman–Crippen MR) is 70.2 cm³/mol. The number of rotatable bonds is 6. The molecule has 5 nitrogen and oxygen atoms in total. The molecule has 1 aromatic rings. The summed E-state index contributed by atoms with van der Waals surface area (Å²) in [7, 11) is 1.55. The van der Waals surface area contributed by atoms with Gasteiger partial charge in [0.2, 0.25) is 11.8 Å². The molecule has 0 aliphatic heterocycles. The monoisotopic (exact) mass is 303 g/mol. The maximum absolute atomic E-state index is 9.70. The number of aromatic nitrogens is 2. The van der Waals surface area contributed by atoms with E-state index < -0.39 is 6.10 Å². The molecule has 1 heterocycles. The topological polar surface area (TPSA) is 67.3 Å². The van der Waals surface area contributed by atoms with E-state index in [1.807, 2.05) is 0 Å². The quantitative estimate of drug-likeness (QED) is 0.842. The van der Waals surface area contributed by atoms with Crippen LogP contribution in [0, 0.1) is 5.92 Å². The summed E-state index contributed by atoms with van der Waals surface area (Å²) in [5.41, 5.74) is 0. The van der Waals surface area contributed by atoms with E-state index in [0.717, 1.165) is 6.42 Å². The van der Waals surface area contributed by atoms with Crippen molar-refractivity contribution in [2.24, 2.45) is 5.92 Å². The van der Waals surface area contributed by atoms with Gasteiger partial charge in [-0.25, -0.2) is 4.98 Å². The third-order valence-corrected chi connectivity index (χ3v) is 2.69. The fraction of sp³-hybridized carbons (Fsp3) is 0.636. The molecule has 0 saturated heterocycles. The molecule has 1 rings (SSSR count). The van der Waals surface area contributed by atoms with Gasteiger partial charge in [-0.2, -0.15) is 4.98 Å². The molecule has 0 aliphatic rings. The Labute approximate surface area is 110 Å². The molecule has 6 heteroatoms. The lowest BCUT2D eigenvalue weighted by Crippen LogP contribution is -2.22. The average molecular weight is 304 g/mol. The molecule has 0 amide bonds. The molecule has 0 fully saturated rings. The third kappa shape index (κ3) is 4.87. The Morgan fingerprint density at radius 2 is 2.24 bits per heavy atom. The van der Waals surface area contributed by atoms with Crippen molar-refractivity contribution >= 4 is 21.9 Å². The van der Waals surface area contributed by atoms with Crippen LogP contribution in [0.1, 0.15) is 20.3 Å². The summed E-state index contributed by atoms with van der Waals surface area (Å²) in [6, 6.07) is 0. The number of halogens is 1. The van der Waals surface area contributed by atoms with Crippen LogP contribution in [0.2, 0.25) is 0 Å². The van der Waals surface area contributed by atoms with Gasteiger partial charge in [0.1, 0.15) is 0 Å². The maximum atomic E-state index is 9.70. The number of nitrogens with one attached hydrogen (secondary N) is 1. The van der Waals surface area contributed by atoms with E-state index in [-0.39, 0.29) is 0 Å². The van der Waals surface area contributed by atoms with E-state index in [1.165, 1.54) is 0 Å². The molecule has 2 N–H and O–H groups in total. The number of anilines is 1. The molecule has 0 aromatic carbocycles. The van der Waals surface area contributed by atoms with Crippen molar-refractivity contribution in [3.8, 4) is 5.88 Å². The van der Waals surface area contributed by atoms with Crippen LogP contribution in [0.3, 0.4) is 0 Å². The lowest BCUT2D eigenvalue weighted by Gasteiger charge is -2.14. The van der Waals surface area contributed by atoms with Crippen LogP contribution in [-0.2, 0) is 0 Å². The third-order valence-electron chi connectivity index (χ3n) is 2.14. The summed E-state index contributed by atoms with van der Waals surface area (Å²) < 4.78 is 5.76. The Hall–Kier alpha value is -0.880. The molecule has 0 bridgehead atoms. The standard InChI is InChI=1S/C11H18BrN3O2/c1-7(2)4-8(16)5-13-11-14-6-9(12)10(15-11)17-3/h6-8,16H,4-5H2,1-3H3,(H,13,14,15). The van der Waals surface area contributed by atoms with Gasteiger partial charge in [-0.1, -0.05) is 13.8 Å². The SMILES string of the molecule is COc1nc(NCC(O)CC(C)C)ncc1Br. The van der Waals surface area contributed by atoms with E-state index in [4.69, 9.17) is 4.74 Å². The lowest BCUT2D eigenvalue weighted by molar-refractivity contribution is 0.161. The minimum atomic E-state index is -0.395. The van der Waals surface area contributed by atoms with Crippen molar-refractivity contribution in [1.82, 2.24) is 9.97 Å². The molecule has 0 spiro atoms. The summed E-state index contributed by atoms with van der Waals surface area (Å²) in [5.74, 6) is 1.39. The number of ether oxygens (including phenoxy) is 1. The zero-order valence-electron chi connectivity index (χ0n) is 10.3. The number of hydrogen-bond acceptors (Lipinski definition) is 5. The van der Waals surface area contributed by atoms with Gasteiger partial charge in [0.05, 0.1) is 23.9 Å². The van der Waals surface area contributed by atoms with Gasteiger partial charge in [-0.05, 0) is 28.3 Å². The molecule has 0 radical (unpaired) electrons. The van der Waals surface area contributed by atoms with Gasteiger partial charge in [0.25, 0.3) is 0 Å². The summed E-state index contributed by atoms with van der Waals surface area (Å²) in [4.78, 5) is 8.22. The van der Waals surface area contributed by atoms with E-state index in [1.54, 1.807) is 13.3 Å². The van der Waals surface area contributed by atoms with Crippen LogP contribution in [-0.4, -0.2) is 34.8 Å². The van der Waals surface area contributed by atoms with Crippen LogP contribution in [0.5, 0.6) is 5.88 Å². The second kappa shape index (κ2) is 6.76. The summed E-state index contributed by atoms with van der Waals surface area (Å²) in [5, 5.41) is 12.7. The highest BCUT2D eigenvalue weighted by Gasteiger charge is 2.09. The predicted octanol–water partition coefficient (Wildman–Crippen LogP) is 2.07. The van der Waals surface area contributed by atoms with Crippen molar-refractivity contribution < 1.29 is 9.84 Å². The van der Waals surface area contributed by atoms with Crippen molar-refractivity contribution in [3.05, 3.63) is 10.7 Å². The second-order valence-corrected chi connectivity index (χ2v) is 5.07. The van der Waals surface area contributed by atoms with Gasteiger partial charge in [-0.3, -0.25) is 0 Å². The van der Waals surface area contributed by atoms with Gasteiger partial charge in [0, 0.05) is 6.54 Å². The minimum absolute atomic E-state index is 0.395. The van der Waals surface area contributed by atoms with Gasteiger partial charge < -0.3 is 15.2 Å². The number of methoxy groups -OCH3 is 1. The highest BCUT2D eigenvalue weighted by Crippen LogP contribution is 2.21. The summed E-state index contributed by atoms with van der Waals surface area (Å²) >= 11 is 3.28. The zero-order chi connectivity index (χ0) is 12.8. The normalized spacial score (nSPS) is 12.6. The minimum Gasteiger partial charge on any atom is -0.480 e. The summed E-state index contributed by atoms with van der Waals surface area (Å²) in [6.45, 7) is 4.58. The van der Waals surface area contributed by atoms with Gasteiger partial charge in [-0.15, -0.1) is 0 Å². The van der Waals surface area contributed by atoms with Crippen LogP contribution in [0.15, 0.2) is 10.7 Å². The molecule has 0 aliphatic carbocycles. The molecule has 96 valence electrons. The first-order valence-corrected chi connectivity index (χ1v) is 6.30. The molecule has 0 saturated carbocycles. The average Bonchev–Trinajstić information content (AvgIpc) is 2.27. The molecule has 1 atom stereocenters. The molecule has 17 heavy (non-hydrogen) atoms. The van der Waals surface area contributed by atoms with Crippen molar-refractivity contribution in [2.45, 2.75) is 26.4 Å². The van der Waals surface area contributed by atoms with E-state index in [0.29, 0.717) is 28.8 Å². The fourth-order valence-electron chi connectivity index (χ4n) is 1.42. The van der Waals surface area contributed by atoms with Crippen molar-refractivity contribution in [1.29, 1.82) is 0 Å². The fourth-order valence-corrected chi connectivity index (χ4v) is 1.77. The Kier molecular flexibility index (Phi) is 5.64. The highest BCUT2D eigenvalue weighted by atomic mass is 79.9. The number of aliphatic hydroxyl groups is 1. The van der Waals surface area contributed by atoms with E-state index >= 15 is 0 Å². The first kappa shape index (κ1) is 14.2. The van der Waals surface area contributed by atoms with Crippen LogP contribution in [0.4, 0.5) is 5.95 Å². The zero-order valence-corrected chi connectivity index (χ0v) is 11.9. The van der Waals surface area contributed by atoms with Gasteiger partial charge >= 0.3 is 0 Å². The first-order chi connectivity index (χ1) is 8.02. The largest absolute Gasteiger partial charge is 0.480 e. The number of aliphatic hydroxyl groups excluding tert-OH is 1. The highest BCUT2D eigenvalue weighted by molar-refractivity contribution is 9.10. The lowest BCUT2D eigenvalue weighted by atomic mass is 10.1. The molecular weight excluding hydrogens is 286 g/mol. The molecule has 1 unspecified atom stereocenters. The summed E-state index contributed by atoms with van der Waals surface area (Å²) in [6.07, 6.45) is 1.97. The Balaban J connectivity index is 2.52. The number of hydrogen-bond donors (Lipinski definition) is 2. The van der Waals surface area contributed by atoms with Crippen molar-refractivity contribution in [2.75, 3.05) is 19.0 Å². The second-order valence-electron chi connectivity index (χ2n) is 4.22. The van der Waals surface area contributed by atoms with Crippen LogP contribution >= 0.6 is 15.9 Å². The van der Waals surface area contributed by atoms with Gasteiger partial charge in [0.15, 0.2) is 0 Å². The number of nitrogens with zero attached hydrogens (tertiary/aromatic N) is 2. The van der Waals surface area contributed by atoms with Crippen LogP contribution < -0.4 is 10.1 Å².